The first kappa shape index (κ1) is 13.7. The lowest BCUT2D eigenvalue weighted by Gasteiger charge is -2.03. The third-order valence-electron chi connectivity index (χ3n) is 3.09. The molecule has 21 heavy (non-hydrogen) atoms. The van der Waals surface area contributed by atoms with Crippen LogP contribution >= 0.6 is 57.6 Å². The van der Waals surface area contributed by atoms with Gasteiger partial charge >= 0.3 is 0 Å². The fraction of sp³-hybridized carbons (Fsp3) is 0. The molecule has 4 aromatic rings. The summed E-state index contributed by atoms with van der Waals surface area (Å²) < 4.78 is 10.5. The Morgan fingerprint density at radius 3 is 1.52 bits per heavy atom. The van der Waals surface area contributed by atoms with Crippen LogP contribution < -0.4 is 0 Å². The lowest BCUT2D eigenvalue weighted by molar-refractivity contribution is 1.63. The van der Waals surface area contributed by atoms with Gasteiger partial charge in [-0.3, -0.25) is 0 Å². The first-order valence-corrected chi connectivity index (χ1v) is 9.11. The topological polar surface area (TPSA) is 25.8 Å². The van der Waals surface area contributed by atoms with Crippen molar-refractivity contribution in [3.63, 3.8) is 0 Å². The molecule has 2 nitrogen and oxygen atoms in total. The van der Waals surface area contributed by atoms with Crippen LogP contribution in [0.15, 0.2) is 36.4 Å². The molecule has 0 aliphatic carbocycles. The zero-order valence-corrected chi connectivity index (χ0v) is 14.3. The van der Waals surface area contributed by atoms with Gasteiger partial charge in [-0.25, -0.2) is 0 Å². The summed E-state index contributed by atoms with van der Waals surface area (Å²) in [4.78, 5) is 2.21. The van der Waals surface area contributed by atoms with E-state index >= 15 is 0 Å². The van der Waals surface area contributed by atoms with Gasteiger partial charge in [-0.15, -0.1) is 22.7 Å². The second-order valence-electron chi connectivity index (χ2n) is 4.33. The highest BCUT2D eigenvalue weighted by Gasteiger charge is 2.15. The van der Waals surface area contributed by atoms with E-state index in [9.17, 15) is 0 Å². The van der Waals surface area contributed by atoms with E-state index in [1.807, 2.05) is 24.3 Å². The summed E-state index contributed by atoms with van der Waals surface area (Å²) in [5.74, 6) is 0. The average Bonchev–Trinajstić information content (AvgIpc) is 3.18. The lowest BCUT2D eigenvalue weighted by Crippen LogP contribution is -1.81. The van der Waals surface area contributed by atoms with Crippen molar-refractivity contribution in [1.82, 2.24) is 8.75 Å². The van der Waals surface area contributed by atoms with Crippen molar-refractivity contribution in [2.45, 2.75) is 0 Å². The van der Waals surface area contributed by atoms with Gasteiger partial charge in [-0.2, -0.15) is 8.75 Å². The maximum Gasteiger partial charge on any atom is 0.114 e. The number of hydrogen-bond donors (Lipinski definition) is 0. The summed E-state index contributed by atoms with van der Waals surface area (Å²) in [6, 6.07) is 12.0. The highest BCUT2D eigenvalue weighted by molar-refractivity contribution is 7.20. The first-order chi connectivity index (χ1) is 10.2. The molecule has 0 fully saturated rings. The van der Waals surface area contributed by atoms with Gasteiger partial charge in [-0.1, -0.05) is 35.3 Å². The predicted octanol–water partition coefficient (Wildman–Crippen LogP) is 6.46. The summed E-state index contributed by atoms with van der Waals surface area (Å²) in [6.45, 7) is 0. The van der Waals surface area contributed by atoms with Gasteiger partial charge in [0.1, 0.15) is 11.0 Å². The molecule has 3 aromatic heterocycles. The minimum atomic E-state index is 0.774. The van der Waals surface area contributed by atoms with Crippen LogP contribution in [-0.2, 0) is 0 Å². The Hall–Kier alpha value is -0.980. The molecule has 4 rings (SSSR count). The van der Waals surface area contributed by atoms with Crippen LogP contribution in [0.25, 0.3) is 31.9 Å². The number of nitrogens with zero attached hydrogens (tertiary/aromatic N) is 2. The number of benzene rings is 1. The van der Waals surface area contributed by atoms with Crippen molar-refractivity contribution >= 4 is 68.6 Å². The van der Waals surface area contributed by atoms with Crippen molar-refractivity contribution in [3.8, 4) is 20.9 Å². The summed E-state index contributed by atoms with van der Waals surface area (Å²) in [5, 5.41) is 0. The second-order valence-corrected chi connectivity index (χ2v) is 8.29. The van der Waals surface area contributed by atoms with E-state index in [1.54, 1.807) is 22.7 Å². The standard InChI is InChI=1S/C14H6Cl2N2S3/c15-11-5-3-9(19-11)7-1-2-8(10-4-6-12(16)20-10)14-13(7)17-21-18-14/h1-6H. The van der Waals surface area contributed by atoms with E-state index in [0.717, 1.165) is 40.6 Å². The van der Waals surface area contributed by atoms with Crippen LogP contribution in [0.5, 0.6) is 0 Å². The van der Waals surface area contributed by atoms with Crippen LogP contribution in [0.2, 0.25) is 8.67 Å². The largest absolute Gasteiger partial charge is 0.172 e. The van der Waals surface area contributed by atoms with Crippen molar-refractivity contribution in [1.29, 1.82) is 0 Å². The van der Waals surface area contributed by atoms with Gasteiger partial charge in [0.2, 0.25) is 0 Å². The highest BCUT2D eigenvalue weighted by atomic mass is 35.5. The Bertz CT molecular complexity index is 864. The van der Waals surface area contributed by atoms with E-state index in [1.165, 1.54) is 11.7 Å². The molecular weight excluding hydrogens is 363 g/mol. The van der Waals surface area contributed by atoms with Crippen LogP contribution in [0.1, 0.15) is 0 Å². The van der Waals surface area contributed by atoms with Crippen LogP contribution in [0.3, 0.4) is 0 Å². The fourth-order valence-electron chi connectivity index (χ4n) is 2.18. The van der Waals surface area contributed by atoms with Gasteiger partial charge in [0.15, 0.2) is 0 Å². The molecule has 1 aromatic carbocycles. The Kier molecular flexibility index (Phi) is 3.47. The third-order valence-corrected chi connectivity index (χ3v) is 6.15. The molecule has 0 bridgehead atoms. The van der Waals surface area contributed by atoms with Crippen LogP contribution in [0.4, 0.5) is 0 Å². The van der Waals surface area contributed by atoms with E-state index < -0.39 is 0 Å². The van der Waals surface area contributed by atoms with Gasteiger partial charge in [0, 0.05) is 20.9 Å². The minimum Gasteiger partial charge on any atom is -0.172 e. The van der Waals surface area contributed by atoms with Crippen LogP contribution in [0, 0.1) is 0 Å². The highest BCUT2D eigenvalue weighted by Crippen LogP contribution is 2.40. The number of halogens is 2. The van der Waals surface area contributed by atoms with E-state index in [2.05, 4.69) is 20.9 Å². The normalized spacial score (nSPS) is 11.3. The molecule has 0 saturated carbocycles. The fourth-order valence-corrected chi connectivity index (χ4v) is 4.89. The molecule has 0 spiro atoms. The quantitative estimate of drug-likeness (QED) is 0.405. The second kappa shape index (κ2) is 5.34. The number of aromatic nitrogens is 2. The van der Waals surface area contributed by atoms with Crippen molar-refractivity contribution < 1.29 is 0 Å². The molecule has 0 saturated heterocycles. The van der Waals surface area contributed by atoms with E-state index in [4.69, 9.17) is 23.2 Å². The Balaban J connectivity index is 1.96. The molecule has 104 valence electrons. The van der Waals surface area contributed by atoms with Crippen molar-refractivity contribution in [2.75, 3.05) is 0 Å². The molecule has 0 atom stereocenters. The molecule has 0 N–H and O–H groups in total. The van der Waals surface area contributed by atoms with Gasteiger partial charge in [-0.05, 0) is 24.3 Å². The molecule has 0 amide bonds. The van der Waals surface area contributed by atoms with Gasteiger partial charge < -0.3 is 0 Å². The smallest absolute Gasteiger partial charge is 0.114 e. The van der Waals surface area contributed by atoms with Gasteiger partial charge in [0.25, 0.3) is 0 Å². The molecule has 0 radical (unpaired) electrons. The number of rotatable bonds is 2. The van der Waals surface area contributed by atoms with E-state index in [-0.39, 0.29) is 0 Å². The number of hydrogen-bond acceptors (Lipinski definition) is 5. The predicted molar refractivity (Wildman–Crippen MR) is 94.1 cm³/mol. The summed E-state index contributed by atoms with van der Waals surface area (Å²) in [5.41, 5.74) is 3.98. The first-order valence-electron chi connectivity index (χ1n) is 5.99. The summed E-state index contributed by atoms with van der Waals surface area (Å²) in [6.07, 6.45) is 0. The van der Waals surface area contributed by atoms with Crippen LogP contribution in [-0.4, -0.2) is 8.75 Å². The molecule has 0 unspecified atom stereocenters. The number of fused-ring (bicyclic) bond motifs is 1. The monoisotopic (exact) mass is 368 g/mol. The average molecular weight is 369 g/mol. The van der Waals surface area contributed by atoms with Crippen molar-refractivity contribution in [2.24, 2.45) is 0 Å². The SMILES string of the molecule is Clc1ccc(-c2ccc(-c3ccc(Cl)s3)c3nsnc23)s1. The Morgan fingerprint density at radius 1 is 0.667 bits per heavy atom. The zero-order chi connectivity index (χ0) is 14.4. The molecule has 0 aliphatic heterocycles. The molecular formula is C14H6Cl2N2S3. The summed E-state index contributed by atoms with van der Waals surface area (Å²) in [7, 11) is 0. The molecule has 7 heteroatoms. The maximum atomic E-state index is 6.04. The molecule has 0 aliphatic rings. The Labute approximate surface area is 142 Å². The maximum absolute atomic E-state index is 6.04. The Morgan fingerprint density at radius 2 is 1.14 bits per heavy atom. The lowest BCUT2D eigenvalue weighted by atomic mass is 10.1. The van der Waals surface area contributed by atoms with E-state index in [0.29, 0.717) is 0 Å². The zero-order valence-electron chi connectivity index (χ0n) is 10.3. The minimum absolute atomic E-state index is 0.774. The molecule has 3 heterocycles. The third kappa shape index (κ3) is 2.39. The van der Waals surface area contributed by atoms with Crippen molar-refractivity contribution in [3.05, 3.63) is 45.1 Å². The summed E-state index contributed by atoms with van der Waals surface area (Å²) >= 11 is 16.4. The van der Waals surface area contributed by atoms with Gasteiger partial charge in [0.05, 0.1) is 20.4 Å². The number of thiophene rings is 2.